The number of furan rings is 1. The van der Waals surface area contributed by atoms with Crippen LogP contribution in [0.25, 0.3) is 11.0 Å². The molecular formula is C64H52B2N4O. The van der Waals surface area contributed by atoms with Gasteiger partial charge in [-0.1, -0.05) is 145 Å². The number of anilines is 12. The molecule has 0 saturated carbocycles. The molecule has 0 atom stereocenters. The first-order valence-electron chi connectivity index (χ1n) is 25.1. The zero-order valence-corrected chi connectivity index (χ0v) is 41.0. The molecule has 1 aromatic heterocycles. The van der Waals surface area contributed by atoms with Crippen LogP contribution in [0.1, 0.15) is 52.7 Å². The Labute approximate surface area is 417 Å². The number of hydrogen-bond donors (Lipinski definition) is 0. The maximum absolute atomic E-state index is 7.34. The van der Waals surface area contributed by atoms with Crippen molar-refractivity contribution in [1.29, 1.82) is 0 Å². The molecule has 14 rings (SSSR count). The molecule has 0 amide bonds. The van der Waals surface area contributed by atoms with Gasteiger partial charge in [0.2, 0.25) is 0 Å². The Bertz CT molecular complexity index is 3770. The van der Waals surface area contributed by atoms with E-state index in [1.54, 1.807) is 0 Å². The van der Waals surface area contributed by atoms with Crippen LogP contribution < -0.4 is 52.6 Å². The van der Waals surface area contributed by atoms with Gasteiger partial charge in [-0.3, -0.25) is 0 Å². The fraction of sp³-hybridized carbons (Fsp3) is 0.125. The van der Waals surface area contributed by atoms with Crippen molar-refractivity contribution in [3.63, 3.8) is 0 Å². The Kier molecular flexibility index (Phi) is 8.93. The number of para-hydroxylation sites is 6. The second kappa shape index (κ2) is 15.2. The normalized spacial score (nSPS) is 14.2. The summed E-state index contributed by atoms with van der Waals surface area (Å²) in [5, 5.41) is 1.11. The largest absolute Gasteiger partial charge is 0.468 e. The SMILES string of the molecule is CC(C)(C)c1cc2c3c(c1)N(c1ccccc1)c1cc4c(cc1B3c1ccccc1N2c1ccccc1)N(c1ccccc1)c1cc(C(C)(C)C)cc2c1B4c1oc3ccccc3c1N2c1ccccc1. The van der Waals surface area contributed by atoms with Crippen LogP contribution in [0.2, 0.25) is 0 Å². The van der Waals surface area contributed by atoms with Gasteiger partial charge in [0.25, 0.3) is 13.4 Å². The van der Waals surface area contributed by atoms with Crippen LogP contribution in [0.3, 0.4) is 0 Å². The van der Waals surface area contributed by atoms with Crippen LogP contribution in [0.15, 0.2) is 211 Å². The van der Waals surface area contributed by atoms with E-state index in [4.69, 9.17) is 4.42 Å². The van der Waals surface area contributed by atoms with Gasteiger partial charge in [-0.05, 0) is 152 Å². The van der Waals surface area contributed by atoms with Crippen molar-refractivity contribution in [2.45, 2.75) is 52.4 Å². The number of fused-ring (bicyclic) bond motifs is 10. The molecule has 0 radical (unpaired) electrons. The Morgan fingerprint density at radius 3 is 1.21 bits per heavy atom. The molecule has 0 unspecified atom stereocenters. The summed E-state index contributed by atoms with van der Waals surface area (Å²) in [5.41, 5.74) is 24.4. The second-order valence-electron chi connectivity index (χ2n) is 21.7. The minimum Gasteiger partial charge on any atom is -0.468 e. The predicted molar refractivity (Wildman–Crippen MR) is 302 cm³/mol. The van der Waals surface area contributed by atoms with E-state index in [1.807, 2.05) is 0 Å². The van der Waals surface area contributed by atoms with Crippen molar-refractivity contribution < 1.29 is 4.42 Å². The van der Waals surface area contributed by atoms with E-state index >= 15 is 0 Å². The van der Waals surface area contributed by atoms with Crippen molar-refractivity contribution in [2.24, 2.45) is 0 Å². The van der Waals surface area contributed by atoms with E-state index < -0.39 is 0 Å². The summed E-state index contributed by atoms with van der Waals surface area (Å²) in [6.07, 6.45) is 0. The molecule has 10 aromatic rings. The standard InChI is InChI=1S/C64H52B2N4O/c1-63(2,3)41-35-54-59-55(36-41)68(44-25-13-8-14-26-44)52-40-50-53(39-49(52)65(59)48-32-20-21-33-51(48)67(54)43-23-11-7-12-24-43)69(45-27-15-9-16-28-45)56-37-42(64(4,5)6)38-57-60(56)66(50)62-61(47-31-19-22-34-58(47)71-62)70(57)46-29-17-10-18-30-46/h7-40H,1-6H3. The third-order valence-electron chi connectivity index (χ3n) is 15.5. The minimum absolute atomic E-state index is 0.0670. The van der Waals surface area contributed by atoms with Gasteiger partial charge in [0, 0.05) is 67.9 Å². The van der Waals surface area contributed by atoms with Crippen molar-refractivity contribution >= 4 is 126 Å². The lowest BCUT2D eigenvalue weighted by atomic mass is 9.31. The predicted octanol–water partition coefficient (Wildman–Crippen LogP) is 13.2. The van der Waals surface area contributed by atoms with Gasteiger partial charge in [0.05, 0.1) is 11.3 Å². The molecule has 9 aromatic carbocycles. The van der Waals surface area contributed by atoms with Crippen LogP contribution in [0, 0.1) is 0 Å². The van der Waals surface area contributed by atoms with Crippen LogP contribution in [0.5, 0.6) is 0 Å². The molecule has 0 aliphatic carbocycles. The average Bonchev–Trinajstić information content (AvgIpc) is 3.77. The van der Waals surface area contributed by atoms with Crippen LogP contribution in [-0.2, 0) is 10.8 Å². The van der Waals surface area contributed by atoms with Gasteiger partial charge in [-0.15, -0.1) is 0 Å². The summed E-state index contributed by atoms with van der Waals surface area (Å²) >= 11 is 0. The molecule has 7 heteroatoms. The van der Waals surface area contributed by atoms with Crippen LogP contribution in [0.4, 0.5) is 68.2 Å². The Balaban J connectivity index is 1.14. The topological polar surface area (TPSA) is 26.1 Å². The number of hydrogen-bond acceptors (Lipinski definition) is 5. The first-order chi connectivity index (χ1) is 34.5. The maximum Gasteiger partial charge on any atom is 0.297 e. The number of benzene rings is 9. The van der Waals surface area contributed by atoms with E-state index in [2.05, 4.69) is 267 Å². The molecule has 5 nitrogen and oxygen atoms in total. The third-order valence-corrected chi connectivity index (χ3v) is 15.5. The Morgan fingerprint density at radius 2 is 0.718 bits per heavy atom. The van der Waals surface area contributed by atoms with Crippen molar-refractivity contribution in [1.82, 2.24) is 0 Å². The smallest absolute Gasteiger partial charge is 0.297 e. The van der Waals surface area contributed by atoms with Crippen molar-refractivity contribution in [3.05, 3.63) is 217 Å². The van der Waals surface area contributed by atoms with Crippen molar-refractivity contribution in [2.75, 3.05) is 19.6 Å². The van der Waals surface area contributed by atoms with Gasteiger partial charge in [0.1, 0.15) is 5.58 Å². The monoisotopic (exact) mass is 914 g/mol. The number of rotatable bonds is 4. The van der Waals surface area contributed by atoms with Crippen LogP contribution in [-0.4, -0.2) is 13.4 Å². The fourth-order valence-electron chi connectivity index (χ4n) is 12.1. The summed E-state index contributed by atoms with van der Waals surface area (Å²) < 4.78 is 7.34. The van der Waals surface area contributed by atoms with Gasteiger partial charge < -0.3 is 24.0 Å². The zero-order chi connectivity index (χ0) is 47.9. The molecule has 0 spiro atoms. The average molecular weight is 915 g/mol. The number of nitrogens with zero attached hydrogens (tertiary/aromatic N) is 4. The highest BCUT2D eigenvalue weighted by Crippen LogP contribution is 2.51. The van der Waals surface area contributed by atoms with Gasteiger partial charge in [-0.2, -0.15) is 0 Å². The summed E-state index contributed by atoms with van der Waals surface area (Å²) in [5.74, 6) is 0. The summed E-state index contributed by atoms with van der Waals surface area (Å²) in [6.45, 7) is 13.7. The summed E-state index contributed by atoms with van der Waals surface area (Å²) in [6, 6.07) is 76.6. The molecule has 0 fully saturated rings. The summed E-state index contributed by atoms with van der Waals surface area (Å²) in [4.78, 5) is 10.1. The highest BCUT2D eigenvalue weighted by atomic mass is 16.3. The highest BCUT2D eigenvalue weighted by Gasteiger charge is 2.50. The first-order valence-corrected chi connectivity index (χ1v) is 25.1. The molecule has 4 aliphatic heterocycles. The summed E-state index contributed by atoms with van der Waals surface area (Å²) in [7, 11) is 0. The fourth-order valence-corrected chi connectivity index (χ4v) is 12.1. The maximum atomic E-state index is 7.34. The first kappa shape index (κ1) is 41.8. The zero-order valence-electron chi connectivity index (χ0n) is 41.0. The van der Waals surface area contributed by atoms with E-state index in [9.17, 15) is 0 Å². The molecule has 5 heterocycles. The Hall–Kier alpha value is -8.15. The lowest BCUT2D eigenvalue weighted by Gasteiger charge is -2.47. The van der Waals surface area contributed by atoms with E-state index in [0.29, 0.717) is 0 Å². The van der Waals surface area contributed by atoms with Gasteiger partial charge in [0.15, 0.2) is 0 Å². The molecule has 0 bridgehead atoms. The molecule has 0 saturated heterocycles. The third kappa shape index (κ3) is 6.15. The van der Waals surface area contributed by atoms with Crippen molar-refractivity contribution in [3.8, 4) is 0 Å². The van der Waals surface area contributed by atoms with E-state index in [0.717, 1.165) is 50.8 Å². The lowest BCUT2D eigenvalue weighted by molar-refractivity contribution is 0.590. The molecule has 0 N–H and O–H groups in total. The minimum atomic E-state index is -0.223. The molecule has 71 heavy (non-hydrogen) atoms. The van der Waals surface area contributed by atoms with E-state index in [-0.39, 0.29) is 24.3 Å². The molecule has 4 aliphatic rings. The highest BCUT2D eigenvalue weighted by molar-refractivity contribution is 7.02. The lowest BCUT2D eigenvalue weighted by Crippen LogP contribution is -2.64. The van der Waals surface area contributed by atoms with E-state index in [1.165, 1.54) is 72.6 Å². The second-order valence-corrected chi connectivity index (χ2v) is 21.7. The van der Waals surface area contributed by atoms with Crippen LogP contribution >= 0.6 is 0 Å². The molecular weight excluding hydrogens is 862 g/mol. The van der Waals surface area contributed by atoms with Gasteiger partial charge >= 0.3 is 0 Å². The quantitative estimate of drug-likeness (QED) is 0.164. The Morgan fingerprint density at radius 1 is 0.338 bits per heavy atom. The van der Waals surface area contributed by atoms with Gasteiger partial charge in [-0.25, -0.2) is 0 Å². The molecule has 340 valence electrons.